The number of carbonyl (C=O) groups is 1. The molecule has 0 atom stereocenters. The molecule has 0 N–H and O–H groups in total. The highest BCUT2D eigenvalue weighted by atomic mass is 16.7. The van der Waals surface area contributed by atoms with E-state index in [1.54, 1.807) is 0 Å². The number of nitro groups is 2. The maximum Gasteiger partial charge on any atom is 0.320 e. The summed E-state index contributed by atoms with van der Waals surface area (Å²) in [6.07, 6.45) is 0. The number of amides is 1. The minimum Gasteiger partial charge on any atom is -0.263 e. The van der Waals surface area contributed by atoms with Crippen molar-refractivity contribution in [3.05, 3.63) is 50.1 Å². The zero-order chi connectivity index (χ0) is 12.3. The molecule has 16 heavy (non-hydrogen) atoms. The fourth-order valence-electron chi connectivity index (χ4n) is 1.06. The highest BCUT2D eigenvalue weighted by Gasteiger charge is 2.27. The lowest BCUT2D eigenvalue weighted by molar-refractivity contribution is -0.625. The Morgan fingerprint density at radius 3 is 2.31 bits per heavy atom. The van der Waals surface area contributed by atoms with Gasteiger partial charge in [0.1, 0.15) is 5.56 Å². The second kappa shape index (κ2) is 4.34. The van der Waals surface area contributed by atoms with Gasteiger partial charge in [-0.2, -0.15) is 0 Å². The smallest absolute Gasteiger partial charge is 0.263 e. The number of nitrogens with zero attached hydrogens (tertiary/aromatic N) is 3. The Morgan fingerprint density at radius 2 is 1.81 bits per heavy atom. The van der Waals surface area contributed by atoms with Gasteiger partial charge in [0.2, 0.25) is 0 Å². The quantitative estimate of drug-likeness (QED) is 0.560. The number of nitro benzene ring substituents is 1. The van der Waals surface area contributed by atoms with Crippen molar-refractivity contribution in [2.45, 2.75) is 0 Å². The highest BCUT2D eigenvalue weighted by molar-refractivity contribution is 5.97. The molecule has 0 unspecified atom stereocenters. The van der Waals surface area contributed by atoms with Crippen molar-refractivity contribution < 1.29 is 14.8 Å². The molecule has 84 valence electrons. The van der Waals surface area contributed by atoms with Gasteiger partial charge in [-0.3, -0.25) is 14.9 Å². The number of hydrogen-bond acceptors (Lipinski definition) is 5. The predicted octanol–water partition coefficient (Wildman–Crippen LogP) is 0.858. The van der Waals surface area contributed by atoms with Crippen LogP contribution in [0.1, 0.15) is 10.4 Å². The number of hydrazine groups is 1. The van der Waals surface area contributed by atoms with Crippen molar-refractivity contribution in [1.29, 1.82) is 0 Å². The van der Waals surface area contributed by atoms with Gasteiger partial charge in [-0.15, -0.1) is 0 Å². The van der Waals surface area contributed by atoms with Crippen LogP contribution < -0.4 is 0 Å². The van der Waals surface area contributed by atoms with Gasteiger partial charge in [0.25, 0.3) is 5.69 Å². The summed E-state index contributed by atoms with van der Waals surface area (Å²) in [4.78, 5) is 31.6. The molecule has 0 aliphatic rings. The average Bonchev–Trinajstić information content (AvgIpc) is 2.26. The van der Waals surface area contributed by atoms with Crippen molar-refractivity contribution in [3.63, 3.8) is 0 Å². The molecule has 1 amide bonds. The molecule has 1 aromatic rings. The van der Waals surface area contributed by atoms with Crippen LogP contribution in [0.15, 0.2) is 24.3 Å². The van der Waals surface area contributed by atoms with Crippen LogP contribution in [0, 0.1) is 20.2 Å². The van der Waals surface area contributed by atoms with E-state index in [4.69, 9.17) is 0 Å². The number of para-hydroxylation sites is 1. The normalized spacial score (nSPS) is 9.56. The van der Waals surface area contributed by atoms with Crippen LogP contribution in [0.4, 0.5) is 5.69 Å². The summed E-state index contributed by atoms with van der Waals surface area (Å²) in [6.45, 7) is 0. The minimum absolute atomic E-state index is 0.197. The van der Waals surface area contributed by atoms with E-state index in [0.29, 0.717) is 0 Å². The molecule has 0 radical (unpaired) electrons. The summed E-state index contributed by atoms with van der Waals surface area (Å²) < 4.78 is 0. The first-order valence-electron chi connectivity index (χ1n) is 4.11. The number of rotatable bonds is 3. The molecule has 0 heterocycles. The van der Waals surface area contributed by atoms with Gasteiger partial charge >= 0.3 is 5.91 Å². The topological polar surface area (TPSA) is 107 Å². The molecule has 0 spiro atoms. The van der Waals surface area contributed by atoms with Gasteiger partial charge in [0.15, 0.2) is 5.03 Å². The first-order chi connectivity index (χ1) is 7.45. The van der Waals surface area contributed by atoms with E-state index < -0.39 is 21.6 Å². The third-order valence-electron chi connectivity index (χ3n) is 1.87. The van der Waals surface area contributed by atoms with Crippen LogP contribution in [0.3, 0.4) is 0 Å². The molecular formula is C8H7N3O5. The second-order valence-corrected chi connectivity index (χ2v) is 2.84. The predicted molar refractivity (Wildman–Crippen MR) is 52.2 cm³/mol. The van der Waals surface area contributed by atoms with Crippen LogP contribution in [0.2, 0.25) is 0 Å². The monoisotopic (exact) mass is 225 g/mol. The van der Waals surface area contributed by atoms with Crippen LogP contribution >= 0.6 is 0 Å². The molecule has 1 rings (SSSR count). The first kappa shape index (κ1) is 11.6. The SMILES string of the molecule is CN(C(=O)c1ccccc1[N+](=O)[O-])[N+](=O)[O-]. The summed E-state index contributed by atoms with van der Waals surface area (Å²) in [5.74, 6) is -1.03. The lowest BCUT2D eigenvalue weighted by Crippen LogP contribution is -2.32. The molecule has 0 fully saturated rings. The molecule has 0 aliphatic carbocycles. The molecule has 0 bridgehead atoms. The molecule has 0 saturated carbocycles. The Kier molecular flexibility index (Phi) is 3.14. The number of carbonyl (C=O) groups excluding carboxylic acids is 1. The van der Waals surface area contributed by atoms with Crippen LogP contribution in [0.5, 0.6) is 0 Å². The van der Waals surface area contributed by atoms with Crippen LogP contribution in [0.25, 0.3) is 0 Å². The fraction of sp³-hybridized carbons (Fsp3) is 0.125. The maximum absolute atomic E-state index is 11.5. The molecule has 0 aliphatic heterocycles. The van der Waals surface area contributed by atoms with Gasteiger partial charge in [0, 0.05) is 6.07 Å². The van der Waals surface area contributed by atoms with Crippen LogP contribution in [-0.4, -0.2) is 27.9 Å². The average molecular weight is 225 g/mol. The molecule has 8 heteroatoms. The second-order valence-electron chi connectivity index (χ2n) is 2.84. The highest BCUT2D eigenvalue weighted by Crippen LogP contribution is 2.18. The summed E-state index contributed by atoms with van der Waals surface area (Å²) in [7, 11) is 0.930. The van der Waals surface area contributed by atoms with Crippen LogP contribution in [-0.2, 0) is 0 Å². The standard InChI is InChI=1S/C8H7N3O5/c1-9(11(15)16)8(12)6-4-2-3-5-7(6)10(13)14/h2-5H,1H3. The molecule has 8 nitrogen and oxygen atoms in total. The van der Waals surface area contributed by atoms with Crippen molar-refractivity contribution in [2.24, 2.45) is 0 Å². The van der Waals surface area contributed by atoms with Crippen molar-refractivity contribution in [2.75, 3.05) is 7.05 Å². The fourth-order valence-corrected chi connectivity index (χ4v) is 1.06. The zero-order valence-electron chi connectivity index (χ0n) is 8.19. The third-order valence-corrected chi connectivity index (χ3v) is 1.87. The molecule has 0 saturated heterocycles. The first-order valence-corrected chi connectivity index (χ1v) is 4.11. The summed E-state index contributed by atoms with van der Waals surface area (Å²) in [5, 5.41) is 20.2. The Labute approximate surface area is 89.4 Å². The van der Waals surface area contributed by atoms with Gasteiger partial charge in [-0.1, -0.05) is 17.1 Å². The van der Waals surface area contributed by atoms with Crippen molar-refractivity contribution >= 4 is 11.6 Å². The summed E-state index contributed by atoms with van der Waals surface area (Å²) in [5.41, 5.74) is -0.770. The van der Waals surface area contributed by atoms with Crippen molar-refractivity contribution in [1.82, 2.24) is 5.01 Å². The van der Waals surface area contributed by atoms with E-state index in [-0.39, 0.29) is 10.6 Å². The van der Waals surface area contributed by atoms with Gasteiger partial charge in [-0.25, -0.2) is 10.1 Å². The Hall–Kier alpha value is -2.51. The lowest BCUT2D eigenvalue weighted by atomic mass is 10.1. The minimum atomic E-state index is -1.03. The Balaban J connectivity index is 3.18. The lowest BCUT2D eigenvalue weighted by Gasteiger charge is -2.06. The molecule has 1 aromatic carbocycles. The van der Waals surface area contributed by atoms with E-state index in [2.05, 4.69) is 0 Å². The number of hydrogen-bond donors (Lipinski definition) is 0. The van der Waals surface area contributed by atoms with E-state index in [9.17, 15) is 25.0 Å². The Bertz CT molecular complexity index is 459. The Morgan fingerprint density at radius 1 is 1.25 bits per heavy atom. The van der Waals surface area contributed by atoms with E-state index in [1.807, 2.05) is 0 Å². The maximum atomic E-state index is 11.5. The van der Waals surface area contributed by atoms with Gasteiger partial charge in [-0.05, 0) is 6.07 Å². The van der Waals surface area contributed by atoms with E-state index in [1.165, 1.54) is 18.2 Å². The molecule has 0 aromatic heterocycles. The van der Waals surface area contributed by atoms with Gasteiger partial charge < -0.3 is 0 Å². The summed E-state index contributed by atoms with van der Waals surface area (Å²) >= 11 is 0. The largest absolute Gasteiger partial charge is 0.320 e. The zero-order valence-corrected chi connectivity index (χ0v) is 8.19. The third kappa shape index (κ3) is 2.11. The number of benzene rings is 1. The van der Waals surface area contributed by atoms with E-state index in [0.717, 1.165) is 13.1 Å². The molecular weight excluding hydrogens is 218 g/mol. The van der Waals surface area contributed by atoms with Crippen molar-refractivity contribution in [3.8, 4) is 0 Å². The summed E-state index contributed by atoms with van der Waals surface area (Å²) in [6, 6.07) is 5.05. The van der Waals surface area contributed by atoms with Gasteiger partial charge in [0.05, 0.1) is 12.0 Å². The van der Waals surface area contributed by atoms with E-state index >= 15 is 0 Å².